The summed E-state index contributed by atoms with van der Waals surface area (Å²) >= 11 is 11.4. The van der Waals surface area contributed by atoms with Gasteiger partial charge in [0.1, 0.15) is 0 Å². The highest BCUT2D eigenvalue weighted by Crippen LogP contribution is 2.11. The summed E-state index contributed by atoms with van der Waals surface area (Å²) in [6.07, 6.45) is 0. The van der Waals surface area contributed by atoms with Crippen molar-refractivity contribution in [2.75, 3.05) is 24.8 Å². The van der Waals surface area contributed by atoms with E-state index in [-0.39, 0.29) is 5.91 Å². The molecule has 1 amide bonds. The lowest BCUT2D eigenvalue weighted by molar-refractivity contribution is 0.0775. The van der Waals surface area contributed by atoms with Crippen LogP contribution >= 0.6 is 23.2 Å². The van der Waals surface area contributed by atoms with Crippen LogP contribution in [-0.2, 0) is 0 Å². The minimum Gasteiger partial charge on any atom is -0.336 e. The van der Waals surface area contributed by atoms with Gasteiger partial charge in [-0.1, -0.05) is 17.2 Å². The predicted octanol–water partition coefficient (Wildman–Crippen LogP) is 3.22. The fourth-order valence-electron chi connectivity index (χ4n) is 1.80. The molecule has 1 aromatic rings. The molecule has 0 spiro atoms. The van der Waals surface area contributed by atoms with Crippen molar-refractivity contribution in [3.63, 3.8) is 0 Å². The number of alkyl halides is 2. The third kappa shape index (κ3) is 4.21. The number of carbonyl (C=O) groups excluding carboxylic acids is 1. The minimum atomic E-state index is -0.00176. The van der Waals surface area contributed by atoms with Gasteiger partial charge in [0.05, 0.1) is 0 Å². The lowest BCUT2D eigenvalue weighted by Crippen LogP contribution is -2.34. The topological polar surface area (TPSA) is 20.3 Å². The summed E-state index contributed by atoms with van der Waals surface area (Å²) in [5, 5.41) is 0. The highest BCUT2D eigenvalue weighted by Gasteiger charge is 2.15. The van der Waals surface area contributed by atoms with Crippen molar-refractivity contribution in [2.45, 2.75) is 13.8 Å². The van der Waals surface area contributed by atoms with E-state index in [0.717, 1.165) is 11.1 Å². The number of benzene rings is 1. The molecule has 0 saturated heterocycles. The first-order valence-electron chi connectivity index (χ1n) is 5.58. The number of carbonyl (C=O) groups is 1. The molecule has 0 radical (unpaired) electrons. The van der Waals surface area contributed by atoms with Crippen LogP contribution < -0.4 is 0 Å². The quantitative estimate of drug-likeness (QED) is 0.755. The number of aryl methyl sites for hydroxylation is 2. The monoisotopic (exact) mass is 273 g/mol. The maximum Gasteiger partial charge on any atom is 0.253 e. The lowest BCUT2D eigenvalue weighted by atomic mass is 10.1. The second-order valence-electron chi connectivity index (χ2n) is 4.05. The van der Waals surface area contributed by atoms with Crippen LogP contribution in [0.4, 0.5) is 0 Å². The van der Waals surface area contributed by atoms with E-state index in [1.54, 1.807) is 4.90 Å². The van der Waals surface area contributed by atoms with Crippen LogP contribution in [0.5, 0.6) is 0 Å². The molecular formula is C13H17Cl2NO. The first kappa shape index (κ1) is 14.3. The summed E-state index contributed by atoms with van der Waals surface area (Å²) in [6, 6.07) is 5.83. The normalized spacial score (nSPS) is 10.4. The van der Waals surface area contributed by atoms with Gasteiger partial charge < -0.3 is 4.90 Å². The second-order valence-corrected chi connectivity index (χ2v) is 4.80. The zero-order valence-corrected chi connectivity index (χ0v) is 11.7. The maximum absolute atomic E-state index is 12.2. The van der Waals surface area contributed by atoms with Crippen molar-refractivity contribution in [3.05, 3.63) is 34.9 Å². The van der Waals surface area contributed by atoms with Crippen molar-refractivity contribution in [2.24, 2.45) is 0 Å². The van der Waals surface area contributed by atoms with Gasteiger partial charge in [-0.15, -0.1) is 23.2 Å². The van der Waals surface area contributed by atoms with Gasteiger partial charge in [-0.25, -0.2) is 0 Å². The third-order valence-electron chi connectivity index (χ3n) is 2.46. The molecule has 0 aromatic heterocycles. The van der Waals surface area contributed by atoms with Crippen LogP contribution in [0.1, 0.15) is 21.5 Å². The van der Waals surface area contributed by atoms with Crippen molar-refractivity contribution in [1.82, 2.24) is 4.90 Å². The maximum atomic E-state index is 12.2. The Morgan fingerprint density at radius 2 is 1.53 bits per heavy atom. The number of hydrogen-bond acceptors (Lipinski definition) is 1. The summed E-state index contributed by atoms with van der Waals surface area (Å²) in [4.78, 5) is 13.9. The Labute approximate surface area is 113 Å². The van der Waals surface area contributed by atoms with Crippen LogP contribution in [0.25, 0.3) is 0 Å². The van der Waals surface area contributed by atoms with Crippen LogP contribution in [0.3, 0.4) is 0 Å². The zero-order chi connectivity index (χ0) is 12.8. The Hall–Kier alpha value is -0.730. The first-order chi connectivity index (χ1) is 8.08. The van der Waals surface area contributed by atoms with Gasteiger partial charge in [-0.3, -0.25) is 4.79 Å². The average Bonchev–Trinajstić information content (AvgIpc) is 2.26. The molecule has 0 aliphatic heterocycles. The van der Waals surface area contributed by atoms with E-state index in [1.165, 1.54) is 0 Å². The Morgan fingerprint density at radius 3 is 1.94 bits per heavy atom. The van der Waals surface area contributed by atoms with Crippen molar-refractivity contribution >= 4 is 29.1 Å². The standard InChI is InChI=1S/C13H17Cl2NO/c1-10-7-11(2)9-12(8-10)13(17)16(5-3-14)6-4-15/h7-9H,3-6H2,1-2H3. The molecule has 0 aliphatic carbocycles. The Kier molecular flexibility index (Phi) is 5.79. The van der Waals surface area contributed by atoms with Crippen molar-refractivity contribution < 1.29 is 4.79 Å². The fourth-order valence-corrected chi connectivity index (χ4v) is 2.21. The van der Waals surface area contributed by atoms with Gasteiger partial charge in [-0.2, -0.15) is 0 Å². The molecular weight excluding hydrogens is 257 g/mol. The van der Waals surface area contributed by atoms with Crippen molar-refractivity contribution in [1.29, 1.82) is 0 Å². The molecule has 0 aliphatic rings. The fraction of sp³-hybridized carbons (Fsp3) is 0.462. The molecule has 0 bridgehead atoms. The Balaban J connectivity index is 2.92. The van der Waals surface area contributed by atoms with Gasteiger partial charge in [0, 0.05) is 30.4 Å². The summed E-state index contributed by atoms with van der Waals surface area (Å²) in [5.41, 5.74) is 2.88. The molecule has 0 atom stereocenters. The zero-order valence-electron chi connectivity index (χ0n) is 10.2. The van der Waals surface area contributed by atoms with E-state index in [1.807, 2.05) is 32.0 Å². The SMILES string of the molecule is Cc1cc(C)cc(C(=O)N(CCCl)CCCl)c1. The number of nitrogens with zero attached hydrogens (tertiary/aromatic N) is 1. The summed E-state index contributed by atoms with van der Waals surface area (Å²) in [6.45, 7) is 5.02. The molecule has 94 valence electrons. The smallest absolute Gasteiger partial charge is 0.253 e. The first-order valence-corrected chi connectivity index (χ1v) is 6.65. The van der Waals surface area contributed by atoms with Crippen LogP contribution in [0.15, 0.2) is 18.2 Å². The van der Waals surface area contributed by atoms with Gasteiger partial charge in [0.2, 0.25) is 0 Å². The van der Waals surface area contributed by atoms with E-state index >= 15 is 0 Å². The number of amides is 1. The largest absolute Gasteiger partial charge is 0.336 e. The minimum absolute atomic E-state index is 0.00176. The molecule has 0 heterocycles. The van der Waals surface area contributed by atoms with Gasteiger partial charge in [-0.05, 0) is 26.0 Å². The van der Waals surface area contributed by atoms with Crippen LogP contribution in [-0.4, -0.2) is 35.7 Å². The summed E-state index contributed by atoms with van der Waals surface area (Å²) in [5.74, 6) is 0.846. The van der Waals surface area contributed by atoms with Gasteiger partial charge in [0.15, 0.2) is 0 Å². The van der Waals surface area contributed by atoms with E-state index in [9.17, 15) is 4.79 Å². The van der Waals surface area contributed by atoms with Gasteiger partial charge >= 0.3 is 0 Å². The van der Waals surface area contributed by atoms with E-state index in [4.69, 9.17) is 23.2 Å². The molecule has 4 heteroatoms. The van der Waals surface area contributed by atoms with E-state index in [2.05, 4.69) is 0 Å². The van der Waals surface area contributed by atoms with Crippen LogP contribution in [0, 0.1) is 13.8 Å². The Bertz CT molecular complexity index is 367. The van der Waals surface area contributed by atoms with E-state index < -0.39 is 0 Å². The van der Waals surface area contributed by atoms with Crippen LogP contribution in [0.2, 0.25) is 0 Å². The predicted molar refractivity (Wildman–Crippen MR) is 73.3 cm³/mol. The highest BCUT2D eigenvalue weighted by atomic mass is 35.5. The molecule has 0 N–H and O–H groups in total. The van der Waals surface area contributed by atoms with E-state index in [0.29, 0.717) is 30.4 Å². The summed E-state index contributed by atoms with van der Waals surface area (Å²) < 4.78 is 0. The number of halogens is 2. The van der Waals surface area contributed by atoms with Gasteiger partial charge in [0.25, 0.3) is 5.91 Å². The molecule has 17 heavy (non-hydrogen) atoms. The number of hydrogen-bond donors (Lipinski definition) is 0. The highest BCUT2D eigenvalue weighted by molar-refractivity contribution is 6.18. The third-order valence-corrected chi connectivity index (χ3v) is 2.80. The second kappa shape index (κ2) is 6.87. The summed E-state index contributed by atoms with van der Waals surface area (Å²) in [7, 11) is 0. The molecule has 1 aromatic carbocycles. The lowest BCUT2D eigenvalue weighted by Gasteiger charge is -2.21. The molecule has 0 fully saturated rings. The Morgan fingerprint density at radius 1 is 1.06 bits per heavy atom. The number of rotatable bonds is 5. The molecule has 0 unspecified atom stereocenters. The molecule has 0 saturated carbocycles. The molecule has 1 rings (SSSR count). The molecule has 2 nitrogen and oxygen atoms in total. The average molecular weight is 274 g/mol. The van der Waals surface area contributed by atoms with Crippen molar-refractivity contribution in [3.8, 4) is 0 Å².